The third-order valence-corrected chi connectivity index (χ3v) is 3.84. The van der Waals surface area contributed by atoms with Gasteiger partial charge in [-0.15, -0.1) is 11.8 Å². The second kappa shape index (κ2) is 6.81. The summed E-state index contributed by atoms with van der Waals surface area (Å²) >= 11 is 1.54. The third-order valence-electron chi connectivity index (χ3n) is 2.67. The molecule has 1 aromatic carbocycles. The van der Waals surface area contributed by atoms with Gasteiger partial charge < -0.3 is 10.4 Å². The molecule has 0 spiro atoms. The molecule has 0 saturated heterocycles. The van der Waals surface area contributed by atoms with Gasteiger partial charge in [0.15, 0.2) is 0 Å². The number of hydrogen-bond acceptors (Lipinski definition) is 3. The van der Waals surface area contributed by atoms with E-state index >= 15 is 0 Å². The van der Waals surface area contributed by atoms with Gasteiger partial charge in [0, 0.05) is 17.0 Å². The van der Waals surface area contributed by atoms with Crippen molar-refractivity contribution in [1.82, 2.24) is 5.32 Å². The normalized spacial score (nSPS) is 11.3. The highest BCUT2D eigenvalue weighted by molar-refractivity contribution is 8.00. The Morgan fingerprint density at radius 2 is 2.06 bits per heavy atom. The molecule has 0 saturated carbocycles. The summed E-state index contributed by atoms with van der Waals surface area (Å²) in [6.45, 7) is 5.95. The van der Waals surface area contributed by atoms with Gasteiger partial charge >= 0.3 is 0 Å². The lowest BCUT2D eigenvalue weighted by atomic mass is 10.0. The lowest BCUT2D eigenvalue weighted by Crippen LogP contribution is -2.44. The second-order valence-electron chi connectivity index (χ2n) is 4.96. The van der Waals surface area contributed by atoms with E-state index in [-0.39, 0.29) is 18.1 Å². The fourth-order valence-electron chi connectivity index (χ4n) is 1.62. The Morgan fingerprint density at radius 1 is 1.39 bits per heavy atom. The Morgan fingerprint density at radius 3 is 2.67 bits per heavy atom. The number of carbonyl (C=O) groups is 1. The van der Waals surface area contributed by atoms with Gasteiger partial charge in [0.05, 0.1) is 5.75 Å². The van der Waals surface area contributed by atoms with Crippen molar-refractivity contribution < 1.29 is 9.90 Å². The second-order valence-corrected chi connectivity index (χ2v) is 5.98. The first-order valence-electron chi connectivity index (χ1n) is 6.05. The van der Waals surface area contributed by atoms with Crippen LogP contribution in [-0.2, 0) is 4.79 Å². The van der Waals surface area contributed by atoms with Gasteiger partial charge in [-0.25, -0.2) is 0 Å². The zero-order valence-electron chi connectivity index (χ0n) is 11.2. The van der Waals surface area contributed by atoms with E-state index in [9.17, 15) is 4.79 Å². The maximum atomic E-state index is 11.8. The number of rotatable bonds is 6. The largest absolute Gasteiger partial charge is 0.396 e. The van der Waals surface area contributed by atoms with Crippen molar-refractivity contribution >= 4 is 17.7 Å². The lowest BCUT2D eigenvalue weighted by Gasteiger charge is -2.25. The molecule has 0 radical (unpaired) electrons. The minimum absolute atomic E-state index is 0.00158. The van der Waals surface area contributed by atoms with Crippen LogP contribution < -0.4 is 5.32 Å². The first kappa shape index (κ1) is 15.1. The van der Waals surface area contributed by atoms with Gasteiger partial charge in [0.2, 0.25) is 5.91 Å². The van der Waals surface area contributed by atoms with Gasteiger partial charge in [-0.05, 0) is 38.8 Å². The zero-order valence-corrected chi connectivity index (χ0v) is 12.0. The van der Waals surface area contributed by atoms with Crippen LogP contribution in [0.15, 0.2) is 29.2 Å². The Kier molecular flexibility index (Phi) is 5.69. The molecule has 0 aromatic heterocycles. The Labute approximate surface area is 113 Å². The summed E-state index contributed by atoms with van der Waals surface area (Å²) < 4.78 is 0. The Bertz CT molecular complexity index is 405. The number of benzene rings is 1. The monoisotopic (exact) mass is 267 g/mol. The summed E-state index contributed by atoms with van der Waals surface area (Å²) in [7, 11) is 0. The van der Waals surface area contributed by atoms with Crippen LogP contribution in [0.25, 0.3) is 0 Å². The maximum Gasteiger partial charge on any atom is 0.230 e. The fraction of sp³-hybridized carbons (Fsp3) is 0.500. The fourth-order valence-corrected chi connectivity index (χ4v) is 2.45. The molecule has 0 aliphatic heterocycles. The number of amides is 1. The molecule has 0 heterocycles. The van der Waals surface area contributed by atoms with Crippen LogP contribution in [-0.4, -0.2) is 28.9 Å². The minimum atomic E-state index is -0.349. The van der Waals surface area contributed by atoms with E-state index < -0.39 is 0 Å². The van der Waals surface area contributed by atoms with Crippen molar-refractivity contribution in [3.05, 3.63) is 29.8 Å². The molecular weight excluding hydrogens is 246 g/mol. The van der Waals surface area contributed by atoms with Crippen LogP contribution in [0.2, 0.25) is 0 Å². The Hall–Kier alpha value is -1.00. The van der Waals surface area contributed by atoms with Crippen LogP contribution in [0.5, 0.6) is 0 Å². The molecule has 100 valence electrons. The van der Waals surface area contributed by atoms with E-state index in [4.69, 9.17) is 5.11 Å². The van der Waals surface area contributed by atoms with Crippen molar-refractivity contribution in [2.75, 3.05) is 12.4 Å². The highest BCUT2D eigenvalue weighted by atomic mass is 32.2. The topological polar surface area (TPSA) is 49.3 Å². The molecule has 4 heteroatoms. The average molecular weight is 267 g/mol. The number of carbonyl (C=O) groups excluding carboxylic acids is 1. The highest BCUT2D eigenvalue weighted by Crippen LogP contribution is 2.21. The van der Waals surface area contributed by atoms with Crippen molar-refractivity contribution in [2.45, 2.75) is 37.6 Å². The number of aliphatic hydroxyl groups excluding tert-OH is 1. The minimum Gasteiger partial charge on any atom is -0.396 e. The standard InChI is InChI=1S/C14H21NO2S/c1-11-6-4-5-7-12(11)18-10-13(17)15-14(2,3)8-9-16/h4-7,16H,8-10H2,1-3H3,(H,15,17). The van der Waals surface area contributed by atoms with Crippen molar-refractivity contribution in [1.29, 1.82) is 0 Å². The lowest BCUT2D eigenvalue weighted by molar-refractivity contribution is -0.120. The van der Waals surface area contributed by atoms with E-state index in [0.717, 1.165) is 4.90 Å². The summed E-state index contributed by atoms with van der Waals surface area (Å²) in [4.78, 5) is 12.9. The quantitative estimate of drug-likeness (QED) is 0.778. The predicted molar refractivity (Wildman–Crippen MR) is 75.8 cm³/mol. The zero-order chi connectivity index (χ0) is 13.6. The molecule has 2 N–H and O–H groups in total. The molecule has 1 aromatic rings. The molecule has 0 aliphatic carbocycles. The van der Waals surface area contributed by atoms with Crippen LogP contribution in [0, 0.1) is 6.92 Å². The maximum absolute atomic E-state index is 11.8. The summed E-state index contributed by atoms with van der Waals surface area (Å²) in [5.41, 5.74) is 0.836. The Balaban J connectivity index is 2.45. The first-order chi connectivity index (χ1) is 8.44. The third kappa shape index (κ3) is 5.10. The summed E-state index contributed by atoms with van der Waals surface area (Å²) in [6, 6.07) is 8.02. The van der Waals surface area contributed by atoms with Crippen molar-refractivity contribution in [3.63, 3.8) is 0 Å². The summed E-state index contributed by atoms with van der Waals surface area (Å²) in [5, 5.41) is 11.8. The van der Waals surface area contributed by atoms with E-state index in [0.29, 0.717) is 12.2 Å². The van der Waals surface area contributed by atoms with Crippen LogP contribution in [0.1, 0.15) is 25.8 Å². The number of thioether (sulfide) groups is 1. The SMILES string of the molecule is Cc1ccccc1SCC(=O)NC(C)(C)CCO. The van der Waals surface area contributed by atoms with E-state index in [1.807, 2.05) is 45.0 Å². The number of aryl methyl sites for hydroxylation is 1. The first-order valence-corrected chi connectivity index (χ1v) is 7.03. The summed E-state index contributed by atoms with van der Waals surface area (Å²) in [5.74, 6) is 0.404. The molecule has 0 unspecified atom stereocenters. The number of nitrogens with one attached hydrogen (secondary N) is 1. The van der Waals surface area contributed by atoms with Crippen LogP contribution in [0.3, 0.4) is 0 Å². The van der Waals surface area contributed by atoms with Gasteiger partial charge in [0.25, 0.3) is 0 Å². The molecule has 1 amide bonds. The number of aliphatic hydroxyl groups is 1. The van der Waals surface area contributed by atoms with Crippen molar-refractivity contribution in [3.8, 4) is 0 Å². The smallest absolute Gasteiger partial charge is 0.230 e. The molecular formula is C14H21NO2S. The molecule has 0 aliphatic rings. The highest BCUT2D eigenvalue weighted by Gasteiger charge is 2.19. The van der Waals surface area contributed by atoms with Gasteiger partial charge in [0.1, 0.15) is 0 Å². The van der Waals surface area contributed by atoms with E-state index in [1.54, 1.807) is 0 Å². The van der Waals surface area contributed by atoms with E-state index in [1.165, 1.54) is 17.3 Å². The number of hydrogen-bond donors (Lipinski definition) is 2. The molecule has 0 atom stereocenters. The molecule has 0 bridgehead atoms. The van der Waals surface area contributed by atoms with Gasteiger partial charge in [-0.1, -0.05) is 18.2 Å². The van der Waals surface area contributed by atoms with Crippen LogP contribution in [0.4, 0.5) is 0 Å². The van der Waals surface area contributed by atoms with Gasteiger partial charge in [-0.2, -0.15) is 0 Å². The molecule has 0 fully saturated rings. The average Bonchev–Trinajstić information content (AvgIpc) is 2.27. The van der Waals surface area contributed by atoms with E-state index in [2.05, 4.69) is 5.32 Å². The van der Waals surface area contributed by atoms with Crippen molar-refractivity contribution in [2.24, 2.45) is 0 Å². The van der Waals surface area contributed by atoms with Gasteiger partial charge in [-0.3, -0.25) is 4.79 Å². The molecule has 1 rings (SSSR count). The van der Waals surface area contributed by atoms with Crippen LogP contribution >= 0.6 is 11.8 Å². The molecule has 3 nitrogen and oxygen atoms in total. The predicted octanol–water partition coefficient (Wildman–Crippen LogP) is 2.36. The molecule has 18 heavy (non-hydrogen) atoms. The summed E-state index contributed by atoms with van der Waals surface area (Å²) in [6.07, 6.45) is 0.563.